The van der Waals surface area contributed by atoms with E-state index in [0.717, 1.165) is 124 Å². The van der Waals surface area contributed by atoms with Gasteiger partial charge in [0.15, 0.2) is 0 Å². The fraction of sp³-hybridized carbons (Fsp3) is 1.00. The molecule has 0 radical (unpaired) electrons. The van der Waals surface area contributed by atoms with E-state index in [1.54, 1.807) is 0 Å². The molecule has 0 aromatic carbocycles. The number of hydrogen-bond donors (Lipinski definition) is 2. The van der Waals surface area contributed by atoms with E-state index in [0.29, 0.717) is 12.7 Å². The van der Waals surface area contributed by atoms with Gasteiger partial charge in [0.2, 0.25) is 0 Å². The van der Waals surface area contributed by atoms with Crippen LogP contribution in [-0.4, -0.2) is 165 Å². The summed E-state index contributed by atoms with van der Waals surface area (Å²) in [5.74, 6) is 0. The summed E-state index contributed by atoms with van der Waals surface area (Å²) in [7, 11) is -3.75. The predicted octanol–water partition coefficient (Wildman–Crippen LogP) is 7.42. The first kappa shape index (κ1) is 50.5. The fourth-order valence-corrected chi connectivity index (χ4v) is 20.3. The Morgan fingerprint density at radius 3 is 1.54 bits per heavy atom. The standard InChI is InChI=1S/C20H45NO3Si2.C13H30O2Si2.C6H14N2O/c1-25(2,3)17-18-26(4,5)16-8-13-24-19-20(22)9-6-7-10-21-11-14-23-15-12-21;1-16(2,3)9-10-17(4,5)8-6-7-14-11-13-12-15-13;7-1-2-8-3-5-9-6-4-8/h20,22H,6-19H2,1-5H3;13H,6-12H2,1-5H3;1-7H2. The number of ether oxygens (including phenoxy) is 5. The van der Waals surface area contributed by atoms with Crippen LogP contribution in [0.15, 0.2) is 0 Å². The van der Waals surface area contributed by atoms with Gasteiger partial charge in [-0.25, -0.2) is 0 Å². The molecule has 3 N–H and O–H groups in total. The zero-order valence-electron chi connectivity index (χ0n) is 36.2. The van der Waals surface area contributed by atoms with Crippen molar-refractivity contribution in [1.29, 1.82) is 0 Å². The third kappa shape index (κ3) is 32.7. The summed E-state index contributed by atoms with van der Waals surface area (Å²) in [6.07, 6.45) is 5.64. The number of aliphatic hydroxyl groups excluding tert-OH is 1. The highest BCUT2D eigenvalue weighted by molar-refractivity contribution is 6.82. The Balaban J connectivity index is 0.000000441. The summed E-state index contributed by atoms with van der Waals surface area (Å²) in [5.41, 5.74) is 5.38. The highest BCUT2D eigenvalue weighted by Gasteiger charge is 2.26. The van der Waals surface area contributed by atoms with Gasteiger partial charge in [-0.1, -0.05) is 102 Å². The summed E-state index contributed by atoms with van der Waals surface area (Å²) < 4.78 is 27.0. The highest BCUT2D eigenvalue weighted by Crippen LogP contribution is 2.25. The summed E-state index contributed by atoms with van der Waals surface area (Å²) in [6, 6.07) is 8.72. The second-order valence-electron chi connectivity index (χ2n) is 19.6. The number of aliphatic hydroxyl groups is 1. The molecule has 3 fully saturated rings. The number of epoxide rings is 1. The van der Waals surface area contributed by atoms with Gasteiger partial charge >= 0.3 is 0 Å². The molecule has 3 rings (SSSR count). The number of morpholine rings is 2. The fourth-order valence-electron chi connectivity index (χ4n) is 6.21. The Labute approximate surface area is 326 Å². The lowest BCUT2D eigenvalue weighted by Crippen LogP contribution is -2.39. The summed E-state index contributed by atoms with van der Waals surface area (Å²) >= 11 is 0. The summed E-state index contributed by atoms with van der Waals surface area (Å²) in [6.45, 7) is 39.6. The molecule has 0 aromatic heterocycles. The average Bonchev–Trinajstić information content (AvgIpc) is 3.91. The van der Waals surface area contributed by atoms with Crippen molar-refractivity contribution >= 4 is 32.3 Å². The largest absolute Gasteiger partial charge is 0.391 e. The lowest BCUT2D eigenvalue weighted by atomic mass is 10.1. The Bertz CT molecular complexity index is 844. The van der Waals surface area contributed by atoms with E-state index in [1.807, 2.05) is 0 Å². The van der Waals surface area contributed by atoms with Crippen LogP contribution in [0.3, 0.4) is 0 Å². The van der Waals surface area contributed by atoms with Crippen molar-refractivity contribution in [2.75, 3.05) is 105 Å². The monoisotopic (exact) mass is 808 g/mol. The molecule has 0 saturated carbocycles. The van der Waals surface area contributed by atoms with Crippen LogP contribution in [0.1, 0.15) is 32.1 Å². The third-order valence-corrected chi connectivity index (χ3v) is 21.4. The first-order valence-corrected chi connectivity index (χ1v) is 35.4. The molecular weight excluding hydrogens is 719 g/mol. The SMILES string of the molecule is C[Si](C)(C)CC[Si](C)(C)CCCOCC(O)CCCCN1CCOCC1.C[Si](C)(C)CC[Si](C)(C)CCCOCC1CO1.NCCN1CCOCC1. The molecule has 312 valence electrons. The topological polar surface area (TPSA) is 102 Å². The minimum absolute atomic E-state index is 0.295. The highest BCUT2D eigenvalue weighted by atomic mass is 28.3. The maximum atomic E-state index is 10.1. The zero-order valence-corrected chi connectivity index (χ0v) is 40.2. The third-order valence-electron chi connectivity index (χ3n) is 10.3. The average molecular weight is 808 g/mol. The van der Waals surface area contributed by atoms with Gasteiger partial charge in [0.25, 0.3) is 0 Å². The maximum absolute atomic E-state index is 10.1. The van der Waals surface area contributed by atoms with Crippen molar-refractivity contribution < 1.29 is 28.8 Å². The van der Waals surface area contributed by atoms with Crippen molar-refractivity contribution in [3.8, 4) is 0 Å². The Morgan fingerprint density at radius 2 is 1.10 bits per heavy atom. The summed E-state index contributed by atoms with van der Waals surface area (Å²) in [5, 5.41) is 10.1. The van der Waals surface area contributed by atoms with Crippen LogP contribution in [0.25, 0.3) is 0 Å². The van der Waals surface area contributed by atoms with E-state index in [9.17, 15) is 5.11 Å². The first-order valence-electron chi connectivity index (χ1n) is 21.2. The predicted molar refractivity (Wildman–Crippen MR) is 235 cm³/mol. The molecule has 2 atom stereocenters. The molecule has 3 saturated heterocycles. The van der Waals surface area contributed by atoms with Gasteiger partial charge in [0, 0.05) is 84.8 Å². The first-order chi connectivity index (χ1) is 24.4. The van der Waals surface area contributed by atoms with Gasteiger partial charge in [0.05, 0.1) is 52.4 Å². The Morgan fingerprint density at radius 1 is 0.635 bits per heavy atom. The number of rotatable bonds is 25. The number of unbranched alkanes of at least 4 members (excludes halogenated alkanes) is 1. The van der Waals surface area contributed by atoms with E-state index in [2.05, 4.69) is 75.3 Å². The Kier molecular flexibility index (Phi) is 27.2. The molecule has 9 nitrogen and oxygen atoms in total. The molecule has 13 heteroatoms. The molecule has 3 heterocycles. The molecule has 52 heavy (non-hydrogen) atoms. The summed E-state index contributed by atoms with van der Waals surface area (Å²) in [4.78, 5) is 4.78. The van der Waals surface area contributed by atoms with Gasteiger partial charge in [-0.05, 0) is 38.6 Å². The molecule has 0 aromatic rings. The minimum Gasteiger partial charge on any atom is -0.391 e. The number of hydrogen-bond acceptors (Lipinski definition) is 9. The van der Waals surface area contributed by atoms with Crippen molar-refractivity contribution in [3.05, 3.63) is 0 Å². The lowest BCUT2D eigenvalue weighted by Gasteiger charge is -2.26. The molecular formula is C39H89N3O6Si4. The van der Waals surface area contributed by atoms with Gasteiger partial charge < -0.3 is 34.5 Å². The van der Waals surface area contributed by atoms with Crippen molar-refractivity contribution in [2.45, 2.75) is 146 Å². The van der Waals surface area contributed by atoms with Crippen LogP contribution in [0.4, 0.5) is 0 Å². The van der Waals surface area contributed by atoms with Crippen LogP contribution in [-0.2, 0) is 23.7 Å². The molecule has 0 amide bonds. The van der Waals surface area contributed by atoms with Gasteiger partial charge in [0.1, 0.15) is 6.10 Å². The zero-order chi connectivity index (χ0) is 38.9. The lowest BCUT2D eigenvalue weighted by molar-refractivity contribution is 0.0270. The van der Waals surface area contributed by atoms with Crippen LogP contribution in [0.5, 0.6) is 0 Å². The number of nitrogens with two attached hydrogens (primary N) is 1. The van der Waals surface area contributed by atoms with Crippen LogP contribution in [0, 0.1) is 0 Å². The van der Waals surface area contributed by atoms with Crippen molar-refractivity contribution in [2.24, 2.45) is 5.73 Å². The van der Waals surface area contributed by atoms with Crippen LogP contribution < -0.4 is 5.73 Å². The van der Waals surface area contributed by atoms with Gasteiger partial charge in [-0.15, -0.1) is 0 Å². The van der Waals surface area contributed by atoms with Crippen molar-refractivity contribution in [3.63, 3.8) is 0 Å². The normalized spacial score (nSPS) is 19.7. The van der Waals surface area contributed by atoms with Gasteiger partial charge in [-0.3, -0.25) is 9.80 Å². The molecule has 2 unspecified atom stereocenters. The van der Waals surface area contributed by atoms with Crippen LogP contribution in [0.2, 0.25) is 102 Å². The molecule has 0 aliphatic carbocycles. The molecule has 0 spiro atoms. The van der Waals surface area contributed by atoms with E-state index in [1.165, 1.54) is 42.7 Å². The van der Waals surface area contributed by atoms with E-state index in [4.69, 9.17) is 29.4 Å². The Hall–Kier alpha value is 0.508. The van der Waals surface area contributed by atoms with E-state index in [-0.39, 0.29) is 6.10 Å². The minimum atomic E-state index is -1.05. The maximum Gasteiger partial charge on any atom is 0.104 e. The molecule has 3 aliphatic rings. The van der Waals surface area contributed by atoms with E-state index >= 15 is 0 Å². The quantitative estimate of drug-likeness (QED) is 0.0555. The van der Waals surface area contributed by atoms with E-state index < -0.39 is 32.3 Å². The molecule has 3 aliphatic heterocycles. The smallest absolute Gasteiger partial charge is 0.104 e. The second kappa shape index (κ2) is 28.0. The van der Waals surface area contributed by atoms with Gasteiger partial charge in [-0.2, -0.15) is 0 Å². The van der Waals surface area contributed by atoms with Crippen molar-refractivity contribution in [1.82, 2.24) is 9.80 Å². The second-order valence-corrected chi connectivity index (χ2v) is 41.5. The number of nitrogens with zero attached hydrogens (tertiary/aromatic N) is 2. The van der Waals surface area contributed by atoms with Crippen LogP contribution >= 0.6 is 0 Å². The molecule has 0 bridgehead atoms.